The van der Waals surface area contributed by atoms with Gasteiger partial charge in [-0.15, -0.1) is 0 Å². The summed E-state index contributed by atoms with van der Waals surface area (Å²) in [4.78, 5) is 0. The second-order valence-corrected chi connectivity index (χ2v) is 4.17. The zero-order chi connectivity index (χ0) is 12.3. The number of rotatable bonds is 2. The van der Waals surface area contributed by atoms with Gasteiger partial charge in [-0.05, 0) is 18.6 Å². The second kappa shape index (κ2) is 5.02. The van der Waals surface area contributed by atoms with Crippen LogP contribution in [-0.2, 0) is 0 Å². The predicted octanol–water partition coefficient (Wildman–Crippen LogP) is 3.91. The Morgan fingerprint density at radius 2 is 1.76 bits per heavy atom. The highest BCUT2D eigenvalue weighted by molar-refractivity contribution is 6.33. The molecule has 0 aliphatic rings. The molecule has 0 unspecified atom stereocenters. The van der Waals surface area contributed by atoms with Crippen LogP contribution in [0.2, 0.25) is 5.02 Å². The Hall–Kier alpha value is -1.80. The predicted molar refractivity (Wildman–Crippen MR) is 71.1 cm³/mol. The third-order valence-corrected chi connectivity index (χ3v) is 2.86. The van der Waals surface area contributed by atoms with Crippen molar-refractivity contribution in [1.29, 1.82) is 0 Å². The molecule has 0 saturated heterocycles. The minimum Gasteiger partial charge on any atom is -0.618 e. The summed E-state index contributed by atoms with van der Waals surface area (Å²) in [5.74, 6) is 0. The van der Waals surface area contributed by atoms with E-state index in [1.807, 2.05) is 37.3 Å². The molecule has 17 heavy (non-hydrogen) atoms. The maximum absolute atomic E-state index is 11.9. The first-order valence-corrected chi connectivity index (χ1v) is 5.67. The first-order valence-electron chi connectivity index (χ1n) is 5.30. The molecule has 0 bridgehead atoms. The summed E-state index contributed by atoms with van der Waals surface area (Å²) < 4.78 is 0.828. The fourth-order valence-electron chi connectivity index (χ4n) is 1.58. The Morgan fingerprint density at radius 1 is 1.06 bits per heavy atom. The molecule has 86 valence electrons. The van der Waals surface area contributed by atoms with Gasteiger partial charge in [-0.2, -0.15) is 4.74 Å². The van der Waals surface area contributed by atoms with Gasteiger partial charge in [0.2, 0.25) is 5.69 Å². The minimum absolute atomic E-state index is 0.585. The molecule has 0 radical (unpaired) electrons. The Balaban J connectivity index is 2.43. The Bertz CT molecular complexity index is 529. The van der Waals surface area contributed by atoms with Gasteiger partial charge in [-0.25, -0.2) is 0 Å². The zero-order valence-electron chi connectivity index (χ0n) is 9.43. The molecule has 0 spiro atoms. The SMILES string of the molecule is Cc1cccc(Cl)c1C=[N+]([O-])c1ccccc1. The van der Waals surface area contributed by atoms with E-state index in [9.17, 15) is 5.21 Å². The number of benzene rings is 2. The Morgan fingerprint density at radius 3 is 2.41 bits per heavy atom. The van der Waals surface area contributed by atoms with E-state index in [0.29, 0.717) is 10.7 Å². The highest BCUT2D eigenvalue weighted by Gasteiger charge is 2.06. The molecule has 0 aliphatic heterocycles. The van der Waals surface area contributed by atoms with Crippen molar-refractivity contribution in [2.75, 3.05) is 0 Å². The smallest absolute Gasteiger partial charge is 0.216 e. The topological polar surface area (TPSA) is 26.1 Å². The maximum atomic E-state index is 11.9. The van der Waals surface area contributed by atoms with E-state index >= 15 is 0 Å². The van der Waals surface area contributed by atoms with Crippen LogP contribution in [0.3, 0.4) is 0 Å². The molecule has 0 fully saturated rings. The van der Waals surface area contributed by atoms with E-state index in [-0.39, 0.29) is 0 Å². The molecule has 2 nitrogen and oxygen atoms in total. The summed E-state index contributed by atoms with van der Waals surface area (Å²) in [5, 5.41) is 12.5. The van der Waals surface area contributed by atoms with Crippen LogP contribution in [0.15, 0.2) is 48.5 Å². The molecule has 0 amide bonds. The molecular weight excluding hydrogens is 234 g/mol. The van der Waals surface area contributed by atoms with Crippen LogP contribution in [0, 0.1) is 12.1 Å². The van der Waals surface area contributed by atoms with Gasteiger partial charge in [0.25, 0.3) is 0 Å². The van der Waals surface area contributed by atoms with Crippen molar-refractivity contribution < 1.29 is 4.74 Å². The van der Waals surface area contributed by atoms with Crippen molar-refractivity contribution >= 4 is 23.5 Å². The van der Waals surface area contributed by atoms with Crippen LogP contribution < -0.4 is 0 Å². The van der Waals surface area contributed by atoms with Gasteiger partial charge < -0.3 is 5.21 Å². The first kappa shape index (κ1) is 11.7. The van der Waals surface area contributed by atoms with E-state index in [1.165, 1.54) is 6.21 Å². The standard InChI is InChI=1S/C14H12ClNO/c1-11-6-5-9-14(15)13(11)10-16(17)12-7-3-2-4-8-12/h2-10H,1H3. The van der Waals surface area contributed by atoms with Gasteiger partial charge in [-0.1, -0.05) is 41.9 Å². The largest absolute Gasteiger partial charge is 0.618 e. The molecule has 2 aromatic carbocycles. The normalized spacial score (nSPS) is 11.5. The summed E-state index contributed by atoms with van der Waals surface area (Å²) in [6.45, 7) is 1.93. The van der Waals surface area contributed by atoms with Crippen LogP contribution in [-0.4, -0.2) is 11.0 Å². The highest BCUT2D eigenvalue weighted by Crippen LogP contribution is 2.18. The third-order valence-electron chi connectivity index (χ3n) is 2.53. The van der Waals surface area contributed by atoms with E-state index in [4.69, 9.17) is 11.6 Å². The average Bonchev–Trinajstić information content (AvgIpc) is 2.35. The van der Waals surface area contributed by atoms with Crippen molar-refractivity contribution in [1.82, 2.24) is 0 Å². The third kappa shape index (κ3) is 2.66. The van der Waals surface area contributed by atoms with Crippen LogP contribution in [0.1, 0.15) is 11.1 Å². The van der Waals surface area contributed by atoms with Gasteiger partial charge in [0.15, 0.2) is 6.21 Å². The van der Waals surface area contributed by atoms with Crippen molar-refractivity contribution in [3.05, 3.63) is 69.9 Å². The lowest BCUT2D eigenvalue weighted by Gasteiger charge is -2.05. The first-order chi connectivity index (χ1) is 8.18. The molecule has 3 heteroatoms. The van der Waals surface area contributed by atoms with Gasteiger partial charge in [-0.3, -0.25) is 0 Å². The molecular formula is C14H12ClNO. The number of nitrogens with zero attached hydrogens (tertiary/aromatic N) is 1. The fraction of sp³-hybridized carbons (Fsp3) is 0.0714. The molecule has 0 saturated carbocycles. The van der Waals surface area contributed by atoms with Crippen molar-refractivity contribution in [2.45, 2.75) is 6.92 Å². The number of para-hydroxylation sites is 1. The quantitative estimate of drug-likeness (QED) is 0.341. The lowest BCUT2D eigenvalue weighted by molar-refractivity contribution is -0.354. The van der Waals surface area contributed by atoms with Crippen molar-refractivity contribution in [3.63, 3.8) is 0 Å². The molecule has 2 aromatic rings. The monoisotopic (exact) mass is 245 g/mol. The summed E-state index contributed by atoms with van der Waals surface area (Å²) in [5.41, 5.74) is 2.33. The summed E-state index contributed by atoms with van der Waals surface area (Å²) in [6.07, 6.45) is 1.51. The van der Waals surface area contributed by atoms with Crippen LogP contribution >= 0.6 is 11.6 Å². The summed E-state index contributed by atoms with van der Waals surface area (Å²) in [6, 6.07) is 14.6. The molecule has 0 atom stereocenters. The van der Waals surface area contributed by atoms with E-state index in [1.54, 1.807) is 18.2 Å². The van der Waals surface area contributed by atoms with Gasteiger partial charge in [0.05, 0.1) is 10.6 Å². The number of hydrogen-bond donors (Lipinski definition) is 0. The van der Waals surface area contributed by atoms with Crippen LogP contribution in [0.25, 0.3) is 0 Å². The fourth-order valence-corrected chi connectivity index (χ4v) is 1.85. The molecule has 0 aromatic heterocycles. The lowest BCUT2D eigenvalue weighted by atomic mass is 10.1. The Labute approximate surface area is 105 Å². The number of hydrogen-bond acceptors (Lipinski definition) is 1. The van der Waals surface area contributed by atoms with Gasteiger partial charge in [0, 0.05) is 12.1 Å². The number of halogens is 1. The molecule has 0 N–H and O–H groups in total. The van der Waals surface area contributed by atoms with Crippen LogP contribution in [0.4, 0.5) is 5.69 Å². The van der Waals surface area contributed by atoms with Crippen molar-refractivity contribution in [3.8, 4) is 0 Å². The zero-order valence-corrected chi connectivity index (χ0v) is 10.2. The van der Waals surface area contributed by atoms with E-state index in [0.717, 1.165) is 15.9 Å². The van der Waals surface area contributed by atoms with Crippen molar-refractivity contribution in [2.24, 2.45) is 0 Å². The Kier molecular flexibility index (Phi) is 3.45. The van der Waals surface area contributed by atoms with Gasteiger partial charge in [0.1, 0.15) is 0 Å². The second-order valence-electron chi connectivity index (χ2n) is 3.76. The highest BCUT2D eigenvalue weighted by atomic mass is 35.5. The maximum Gasteiger partial charge on any atom is 0.216 e. The lowest BCUT2D eigenvalue weighted by Crippen LogP contribution is -2.00. The minimum atomic E-state index is 0.585. The van der Waals surface area contributed by atoms with E-state index in [2.05, 4.69) is 0 Å². The molecule has 2 rings (SSSR count). The van der Waals surface area contributed by atoms with Crippen LogP contribution in [0.5, 0.6) is 0 Å². The van der Waals surface area contributed by atoms with E-state index < -0.39 is 0 Å². The average molecular weight is 246 g/mol. The number of aryl methyl sites for hydroxylation is 1. The summed E-state index contributed by atoms with van der Waals surface area (Å²) in [7, 11) is 0. The van der Waals surface area contributed by atoms with Gasteiger partial charge >= 0.3 is 0 Å². The molecule has 0 heterocycles. The molecule has 0 aliphatic carbocycles. The summed E-state index contributed by atoms with van der Waals surface area (Å²) >= 11 is 6.06.